The lowest BCUT2D eigenvalue weighted by Gasteiger charge is -2.38. The normalized spacial score (nSPS) is 21.7. The fourth-order valence-corrected chi connectivity index (χ4v) is 3.82. The molecule has 2 saturated heterocycles. The van der Waals surface area contributed by atoms with Gasteiger partial charge in [-0.05, 0) is 30.9 Å². The molecule has 2 aliphatic heterocycles. The molecule has 2 aliphatic rings. The number of piperidine rings is 1. The largest absolute Gasteiger partial charge is 0.490 e. The number of aryl methyl sites for hydroxylation is 1. The summed E-state index contributed by atoms with van der Waals surface area (Å²) in [5.41, 5.74) is 2.67. The zero-order chi connectivity index (χ0) is 21.1. The molecule has 10 heteroatoms. The van der Waals surface area contributed by atoms with Crippen molar-refractivity contribution in [1.29, 1.82) is 0 Å². The van der Waals surface area contributed by atoms with E-state index in [1.807, 2.05) is 24.2 Å². The maximum atomic E-state index is 10.6. The van der Waals surface area contributed by atoms with E-state index < -0.39 is 12.1 Å². The van der Waals surface area contributed by atoms with Gasteiger partial charge in [0.25, 0.3) is 0 Å². The smallest absolute Gasteiger partial charge is 0.475 e. The Balaban J connectivity index is 0.000000298. The number of halogens is 3. The van der Waals surface area contributed by atoms with Gasteiger partial charge in [0.1, 0.15) is 0 Å². The van der Waals surface area contributed by atoms with Crippen molar-refractivity contribution in [2.75, 3.05) is 19.7 Å². The van der Waals surface area contributed by atoms with Gasteiger partial charge in [-0.15, -0.1) is 0 Å². The van der Waals surface area contributed by atoms with E-state index >= 15 is 0 Å². The van der Waals surface area contributed by atoms with Crippen molar-refractivity contribution in [1.82, 2.24) is 14.7 Å². The third-order valence-corrected chi connectivity index (χ3v) is 5.40. The van der Waals surface area contributed by atoms with Crippen LogP contribution in [0.4, 0.5) is 13.2 Å². The second-order valence-electron chi connectivity index (χ2n) is 7.55. The number of aromatic nitrogens is 2. The van der Waals surface area contributed by atoms with Gasteiger partial charge in [-0.3, -0.25) is 9.58 Å². The first kappa shape index (κ1) is 21.4. The van der Waals surface area contributed by atoms with Crippen molar-refractivity contribution in [2.45, 2.75) is 43.5 Å². The summed E-state index contributed by atoms with van der Waals surface area (Å²) in [6.07, 6.45) is 6.01. The quantitative estimate of drug-likeness (QED) is 0.829. The molecule has 0 aliphatic carbocycles. The van der Waals surface area contributed by atoms with Crippen LogP contribution in [0.15, 0.2) is 35.4 Å². The Hall–Kier alpha value is -2.33. The van der Waals surface area contributed by atoms with Crippen LogP contribution in [-0.4, -0.2) is 57.2 Å². The molecule has 0 radical (unpaired) electrons. The van der Waals surface area contributed by atoms with Crippen LogP contribution < -0.4 is 0 Å². The van der Waals surface area contributed by atoms with E-state index in [0.29, 0.717) is 5.92 Å². The van der Waals surface area contributed by atoms with Crippen molar-refractivity contribution in [3.63, 3.8) is 0 Å². The van der Waals surface area contributed by atoms with Gasteiger partial charge in [-0.1, -0.05) is 0 Å². The molecular formula is C19H24F3N3O4. The molecule has 0 saturated carbocycles. The van der Waals surface area contributed by atoms with E-state index in [-0.39, 0.29) is 5.60 Å². The maximum Gasteiger partial charge on any atom is 0.490 e. The molecule has 2 fully saturated rings. The molecule has 1 atom stereocenters. The number of furan rings is 1. The maximum absolute atomic E-state index is 10.6. The number of nitrogens with zero attached hydrogens (tertiary/aromatic N) is 3. The summed E-state index contributed by atoms with van der Waals surface area (Å²) in [6, 6.07) is 2.05. The first-order chi connectivity index (χ1) is 13.7. The molecule has 1 unspecified atom stereocenters. The molecule has 1 N–H and O–H groups in total. The number of ether oxygens (including phenoxy) is 1. The number of likely N-dealkylation sites (tertiary alicyclic amines) is 1. The topological polar surface area (TPSA) is 80.7 Å². The molecule has 0 bridgehead atoms. The van der Waals surface area contributed by atoms with E-state index in [2.05, 4.69) is 22.3 Å². The van der Waals surface area contributed by atoms with Crippen molar-refractivity contribution >= 4 is 5.97 Å². The van der Waals surface area contributed by atoms with Crippen LogP contribution in [0.2, 0.25) is 0 Å². The predicted molar refractivity (Wildman–Crippen MR) is 96.2 cm³/mol. The third-order valence-electron chi connectivity index (χ3n) is 5.40. The first-order valence-corrected chi connectivity index (χ1v) is 9.33. The van der Waals surface area contributed by atoms with E-state index in [1.165, 1.54) is 11.1 Å². The molecule has 0 aromatic carbocycles. The molecule has 2 aromatic heterocycles. The van der Waals surface area contributed by atoms with E-state index in [4.69, 9.17) is 19.1 Å². The standard InChI is InChI=1S/C17H23N3O2.C2HF3O2/c1-19-11-16(9-18-19)15-8-17(22-13-15)3-5-20(6-4-17)10-14-2-7-21-12-14;3-2(4,5)1(6)7/h2,7,9,11-12,15H,3-6,8,10,13H2,1H3;(H,6,7). The van der Waals surface area contributed by atoms with Gasteiger partial charge >= 0.3 is 12.1 Å². The number of aliphatic carboxylic acids is 1. The van der Waals surface area contributed by atoms with Gasteiger partial charge in [0.2, 0.25) is 0 Å². The monoisotopic (exact) mass is 415 g/mol. The minimum absolute atomic E-state index is 0.0907. The summed E-state index contributed by atoms with van der Waals surface area (Å²) in [4.78, 5) is 11.4. The van der Waals surface area contributed by atoms with E-state index in [0.717, 1.165) is 45.5 Å². The average molecular weight is 415 g/mol. The Morgan fingerprint density at radius 3 is 2.59 bits per heavy atom. The van der Waals surface area contributed by atoms with Gasteiger partial charge < -0.3 is 14.3 Å². The van der Waals surface area contributed by atoms with Crippen LogP contribution in [0.25, 0.3) is 0 Å². The molecular weight excluding hydrogens is 391 g/mol. The lowest BCUT2D eigenvalue weighted by molar-refractivity contribution is -0.192. The molecule has 2 aromatic rings. The van der Waals surface area contributed by atoms with Gasteiger partial charge in [0, 0.05) is 44.4 Å². The van der Waals surface area contributed by atoms with Crippen LogP contribution in [0, 0.1) is 0 Å². The lowest BCUT2D eigenvalue weighted by Crippen LogP contribution is -2.43. The molecule has 7 nitrogen and oxygen atoms in total. The van der Waals surface area contributed by atoms with Crippen molar-refractivity contribution in [3.05, 3.63) is 42.1 Å². The fourth-order valence-electron chi connectivity index (χ4n) is 3.82. The van der Waals surface area contributed by atoms with Gasteiger partial charge in [0.05, 0.1) is 30.9 Å². The highest BCUT2D eigenvalue weighted by Gasteiger charge is 2.43. The third kappa shape index (κ3) is 5.60. The first-order valence-electron chi connectivity index (χ1n) is 9.33. The Labute approximate surface area is 166 Å². The van der Waals surface area contributed by atoms with E-state index in [9.17, 15) is 13.2 Å². The minimum atomic E-state index is -5.08. The van der Waals surface area contributed by atoms with Crippen LogP contribution in [0.5, 0.6) is 0 Å². The summed E-state index contributed by atoms with van der Waals surface area (Å²) >= 11 is 0. The molecule has 4 heterocycles. The Morgan fingerprint density at radius 2 is 2.07 bits per heavy atom. The Kier molecular flexibility index (Phi) is 6.33. The minimum Gasteiger partial charge on any atom is -0.475 e. The van der Waals surface area contributed by atoms with Crippen molar-refractivity contribution < 1.29 is 32.2 Å². The van der Waals surface area contributed by atoms with Crippen LogP contribution in [0.1, 0.15) is 36.3 Å². The number of carbonyl (C=O) groups is 1. The Bertz CT molecular complexity index is 796. The summed E-state index contributed by atoms with van der Waals surface area (Å²) in [6.45, 7) is 4.03. The van der Waals surface area contributed by atoms with Crippen LogP contribution in [0.3, 0.4) is 0 Å². The van der Waals surface area contributed by atoms with Gasteiger partial charge in [-0.2, -0.15) is 18.3 Å². The SMILES string of the molecule is Cn1cc(C2COC3(CCN(Cc4ccoc4)CC3)C2)cn1.O=C(O)C(F)(F)F. The summed E-state index contributed by atoms with van der Waals surface area (Å²) in [5, 5.41) is 11.4. The summed E-state index contributed by atoms with van der Waals surface area (Å²) < 4.78 is 45.0. The highest BCUT2D eigenvalue weighted by molar-refractivity contribution is 5.73. The number of alkyl halides is 3. The number of hydrogen-bond acceptors (Lipinski definition) is 5. The summed E-state index contributed by atoms with van der Waals surface area (Å²) in [5.74, 6) is -2.25. The predicted octanol–water partition coefficient (Wildman–Crippen LogP) is 3.19. The number of hydrogen-bond donors (Lipinski definition) is 1. The molecule has 4 rings (SSSR count). The van der Waals surface area contributed by atoms with E-state index in [1.54, 1.807) is 6.26 Å². The highest BCUT2D eigenvalue weighted by atomic mass is 19.4. The van der Waals surface area contributed by atoms with Crippen molar-refractivity contribution in [2.24, 2.45) is 7.05 Å². The average Bonchev–Trinajstić information content (AvgIpc) is 3.39. The van der Waals surface area contributed by atoms with Crippen LogP contribution in [-0.2, 0) is 23.1 Å². The zero-order valence-electron chi connectivity index (χ0n) is 16.1. The van der Waals surface area contributed by atoms with Crippen molar-refractivity contribution in [3.8, 4) is 0 Å². The lowest BCUT2D eigenvalue weighted by atomic mass is 9.84. The highest BCUT2D eigenvalue weighted by Crippen LogP contribution is 2.42. The molecule has 0 amide bonds. The second-order valence-corrected chi connectivity index (χ2v) is 7.55. The fraction of sp³-hybridized carbons (Fsp3) is 0.579. The number of carboxylic acids is 1. The molecule has 29 heavy (non-hydrogen) atoms. The summed E-state index contributed by atoms with van der Waals surface area (Å²) in [7, 11) is 1.98. The van der Waals surface area contributed by atoms with Gasteiger partial charge in [-0.25, -0.2) is 4.79 Å². The number of rotatable bonds is 3. The molecule has 1 spiro atoms. The second kappa shape index (κ2) is 8.58. The van der Waals surface area contributed by atoms with Crippen LogP contribution >= 0.6 is 0 Å². The Morgan fingerprint density at radius 1 is 1.38 bits per heavy atom. The molecule has 160 valence electrons. The number of carboxylic acid groups (broad SMARTS) is 1. The zero-order valence-corrected chi connectivity index (χ0v) is 16.1. The van der Waals surface area contributed by atoms with Gasteiger partial charge in [0.15, 0.2) is 0 Å².